The average molecular weight is 1020 g/mol. The summed E-state index contributed by atoms with van der Waals surface area (Å²) in [6, 6.07) is 52.5. The monoisotopic (exact) mass is 1020 g/mol. The van der Waals surface area contributed by atoms with Crippen molar-refractivity contribution >= 4 is 110 Å². The standard InChI is InChI=1S/C74H74N4/c1-39(2)58-35-44(10)65(36-43(58)9)76(53-33-49(15)70(42(7)8)50(16)34-53)64-28-26-55-60-38-66-59(37-67(60)78-62-24-20-18-22-57(62)72(64)74(55)78)54-25-27-63(71-56-21-17-19-23-61(56)77(66)73(54)71)75(51-29-45(11)68(40(3)4)46(12)30-51)52-31-47(13)69(41(5)6)48(14)32-52/h17-42H,1-16H3. The largest absolute Gasteiger partial charge is 0.310 e. The van der Waals surface area contributed by atoms with Crippen molar-refractivity contribution in [2.45, 2.75) is 134 Å². The van der Waals surface area contributed by atoms with Crippen molar-refractivity contribution in [2.24, 2.45) is 0 Å². The van der Waals surface area contributed by atoms with Crippen LogP contribution in [0.1, 0.15) is 146 Å². The molecule has 0 aliphatic carbocycles. The lowest BCUT2D eigenvalue weighted by Crippen LogP contribution is -2.14. The smallest absolute Gasteiger partial charge is 0.0641 e. The molecule has 0 aliphatic rings. The molecule has 0 fully saturated rings. The molecule has 4 aromatic heterocycles. The van der Waals surface area contributed by atoms with Gasteiger partial charge in [-0.05, 0) is 225 Å². The average Bonchev–Trinajstić information content (AvgIpc) is 2.88. The Kier molecular flexibility index (Phi) is 11.4. The second-order valence-electron chi connectivity index (χ2n) is 24.6. The van der Waals surface area contributed by atoms with E-state index in [1.165, 1.54) is 177 Å². The molecule has 390 valence electrons. The number of anilines is 6. The van der Waals surface area contributed by atoms with Crippen LogP contribution in [0.5, 0.6) is 0 Å². The van der Waals surface area contributed by atoms with Crippen molar-refractivity contribution in [2.75, 3.05) is 9.80 Å². The maximum absolute atomic E-state index is 2.59. The zero-order valence-corrected chi connectivity index (χ0v) is 48.8. The number of aryl methyl sites for hydroxylation is 8. The SMILES string of the molecule is Cc1cc(N(c2cc(C)c(C(C)C)c(C)c2)c2ccc3c4cc5c(cc4n4c6ccccc6c2c34)c2ccc(N(c3cc(C)c(C(C)C)c(C)c3)c3cc(C)c(C(C)C)c(C)c3)c3c4ccccc4n5c23)c(C)cc1C(C)C. The fourth-order valence-corrected chi connectivity index (χ4v) is 15.3. The molecule has 4 nitrogen and oxygen atoms in total. The lowest BCUT2D eigenvalue weighted by molar-refractivity contribution is 0.845. The van der Waals surface area contributed by atoms with Gasteiger partial charge in [-0.15, -0.1) is 0 Å². The van der Waals surface area contributed by atoms with Gasteiger partial charge in [-0.3, -0.25) is 0 Å². The summed E-state index contributed by atoms with van der Waals surface area (Å²) in [5.41, 5.74) is 31.0. The number of nitrogens with zero attached hydrogens (tertiary/aromatic N) is 4. The lowest BCUT2D eigenvalue weighted by atomic mass is 9.91. The maximum atomic E-state index is 2.59. The van der Waals surface area contributed by atoms with E-state index in [4.69, 9.17) is 0 Å². The van der Waals surface area contributed by atoms with Crippen LogP contribution in [0.25, 0.3) is 76.2 Å². The van der Waals surface area contributed by atoms with E-state index in [1.54, 1.807) is 0 Å². The number of benzene rings is 9. The second kappa shape index (κ2) is 17.9. The Labute approximate surface area is 461 Å². The molecule has 9 aromatic carbocycles. The Morgan fingerprint density at radius 2 is 0.667 bits per heavy atom. The first-order valence-electron chi connectivity index (χ1n) is 28.7. The maximum Gasteiger partial charge on any atom is 0.0641 e. The quantitative estimate of drug-likeness (QED) is 0.136. The van der Waals surface area contributed by atoms with Gasteiger partial charge in [-0.1, -0.05) is 110 Å². The van der Waals surface area contributed by atoms with Crippen molar-refractivity contribution < 1.29 is 0 Å². The minimum absolute atomic E-state index is 0.436. The van der Waals surface area contributed by atoms with Crippen LogP contribution in [0.15, 0.2) is 133 Å². The molecule has 13 aromatic rings. The van der Waals surface area contributed by atoms with Gasteiger partial charge in [0.15, 0.2) is 0 Å². The summed E-state index contributed by atoms with van der Waals surface area (Å²) in [5, 5.41) is 10.2. The van der Waals surface area contributed by atoms with Crippen molar-refractivity contribution in [1.29, 1.82) is 0 Å². The molecular formula is C74H74N4. The molecule has 0 amide bonds. The summed E-state index contributed by atoms with van der Waals surface area (Å²) in [6.45, 7) is 36.9. The Hall–Kier alpha value is -7.82. The van der Waals surface area contributed by atoms with Crippen LogP contribution < -0.4 is 9.80 Å². The third-order valence-corrected chi connectivity index (χ3v) is 17.9. The molecule has 0 N–H and O–H groups in total. The van der Waals surface area contributed by atoms with Crippen molar-refractivity contribution in [3.63, 3.8) is 0 Å². The van der Waals surface area contributed by atoms with Gasteiger partial charge in [-0.2, -0.15) is 0 Å². The third-order valence-electron chi connectivity index (χ3n) is 17.9. The summed E-state index contributed by atoms with van der Waals surface area (Å²) in [7, 11) is 0. The van der Waals surface area contributed by atoms with Crippen LogP contribution in [-0.2, 0) is 0 Å². The molecule has 13 rings (SSSR count). The van der Waals surface area contributed by atoms with Gasteiger partial charge in [0.1, 0.15) is 0 Å². The Balaban J connectivity index is 1.10. The first-order chi connectivity index (χ1) is 37.3. The summed E-state index contributed by atoms with van der Waals surface area (Å²) >= 11 is 0. The van der Waals surface area contributed by atoms with Crippen LogP contribution in [0, 0.1) is 55.4 Å². The summed E-state index contributed by atoms with van der Waals surface area (Å²) < 4.78 is 5.18. The van der Waals surface area contributed by atoms with E-state index in [9.17, 15) is 0 Å². The van der Waals surface area contributed by atoms with Crippen molar-refractivity contribution in [3.05, 3.63) is 200 Å². The number of rotatable bonds is 10. The van der Waals surface area contributed by atoms with Gasteiger partial charge >= 0.3 is 0 Å². The topological polar surface area (TPSA) is 15.3 Å². The highest BCUT2D eigenvalue weighted by Crippen LogP contribution is 2.53. The van der Waals surface area contributed by atoms with Gasteiger partial charge in [0.25, 0.3) is 0 Å². The number of hydrogen-bond donors (Lipinski definition) is 0. The van der Waals surface area contributed by atoms with Crippen LogP contribution >= 0.6 is 0 Å². The number of para-hydroxylation sites is 2. The summed E-state index contributed by atoms with van der Waals surface area (Å²) in [5.74, 6) is 1.75. The lowest BCUT2D eigenvalue weighted by Gasteiger charge is -2.31. The zero-order valence-electron chi connectivity index (χ0n) is 48.8. The molecule has 0 aliphatic heterocycles. The van der Waals surface area contributed by atoms with E-state index in [2.05, 4.69) is 263 Å². The van der Waals surface area contributed by atoms with E-state index >= 15 is 0 Å². The predicted octanol–water partition coefficient (Wildman–Crippen LogP) is 21.9. The molecule has 0 saturated carbocycles. The molecule has 0 radical (unpaired) electrons. The van der Waals surface area contributed by atoms with E-state index < -0.39 is 0 Å². The van der Waals surface area contributed by atoms with Crippen LogP contribution in [0.3, 0.4) is 0 Å². The van der Waals surface area contributed by atoms with Crippen molar-refractivity contribution in [3.8, 4) is 0 Å². The van der Waals surface area contributed by atoms with Crippen LogP contribution in [0.4, 0.5) is 34.1 Å². The van der Waals surface area contributed by atoms with Crippen molar-refractivity contribution in [1.82, 2.24) is 8.80 Å². The predicted molar refractivity (Wildman–Crippen MR) is 339 cm³/mol. The Bertz CT molecular complexity index is 4470. The fraction of sp³-hybridized carbons (Fsp3) is 0.270. The molecule has 4 heteroatoms. The normalized spacial score (nSPS) is 12.6. The third kappa shape index (κ3) is 7.10. The summed E-state index contributed by atoms with van der Waals surface area (Å²) in [6.07, 6.45) is 0. The molecule has 0 bridgehead atoms. The minimum atomic E-state index is 0.436. The van der Waals surface area contributed by atoms with E-state index in [0.29, 0.717) is 23.7 Å². The highest BCUT2D eigenvalue weighted by Gasteiger charge is 2.30. The molecule has 0 unspecified atom stereocenters. The molecule has 0 spiro atoms. The van der Waals surface area contributed by atoms with Gasteiger partial charge in [-0.25, -0.2) is 0 Å². The molecule has 0 atom stereocenters. The zero-order chi connectivity index (χ0) is 54.7. The highest BCUT2D eigenvalue weighted by atomic mass is 15.2. The van der Waals surface area contributed by atoms with Crippen LogP contribution in [0.2, 0.25) is 0 Å². The minimum Gasteiger partial charge on any atom is -0.310 e. The van der Waals surface area contributed by atoms with Gasteiger partial charge in [0, 0.05) is 65.8 Å². The number of fused-ring (bicyclic) bond motifs is 12. The van der Waals surface area contributed by atoms with E-state index in [-0.39, 0.29) is 0 Å². The van der Waals surface area contributed by atoms with E-state index in [0.717, 1.165) is 0 Å². The molecular weight excluding hydrogens is 945 g/mol. The number of aromatic nitrogens is 2. The first kappa shape index (κ1) is 49.7. The van der Waals surface area contributed by atoms with Gasteiger partial charge in [0.2, 0.25) is 0 Å². The summed E-state index contributed by atoms with van der Waals surface area (Å²) in [4.78, 5) is 5.15. The first-order valence-corrected chi connectivity index (χ1v) is 28.7. The highest BCUT2D eigenvalue weighted by molar-refractivity contribution is 6.32. The fourth-order valence-electron chi connectivity index (χ4n) is 15.3. The second-order valence-corrected chi connectivity index (χ2v) is 24.6. The van der Waals surface area contributed by atoms with Gasteiger partial charge in [0.05, 0.1) is 44.5 Å². The Morgan fingerprint density at radius 1 is 0.295 bits per heavy atom. The van der Waals surface area contributed by atoms with Crippen LogP contribution in [-0.4, -0.2) is 8.80 Å². The molecule has 0 saturated heterocycles. The Morgan fingerprint density at radius 3 is 1.05 bits per heavy atom. The molecule has 78 heavy (non-hydrogen) atoms. The van der Waals surface area contributed by atoms with E-state index in [1.807, 2.05) is 0 Å². The molecule has 4 heterocycles. The van der Waals surface area contributed by atoms with Gasteiger partial charge < -0.3 is 18.6 Å². The number of hydrogen-bond acceptors (Lipinski definition) is 2.